The van der Waals surface area contributed by atoms with Crippen LogP contribution in [0, 0.1) is 0 Å². The second-order valence-corrected chi connectivity index (χ2v) is 6.40. The van der Waals surface area contributed by atoms with Crippen molar-refractivity contribution in [2.45, 2.75) is 12.6 Å². The zero-order valence-electron chi connectivity index (χ0n) is 14.6. The molecule has 3 aromatic rings. The van der Waals surface area contributed by atoms with Crippen molar-refractivity contribution in [3.8, 4) is 0 Å². The molecule has 1 unspecified atom stereocenters. The van der Waals surface area contributed by atoms with Crippen LogP contribution in [0.3, 0.4) is 0 Å². The van der Waals surface area contributed by atoms with E-state index in [0.717, 1.165) is 21.4 Å². The van der Waals surface area contributed by atoms with E-state index in [4.69, 9.17) is 5.73 Å². The number of nitrogens with one attached hydrogen (secondary N) is 2. The number of nitrogens with two attached hydrogens (primary N) is 1. The highest BCUT2D eigenvalue weighted by molar-refractivity contribution is 5.96. The van der Waals surface area contributed by atoms with Crippen LogP contribution in [0.5, 0.6) is 0 Å². The monoisotopic (exact) mass is 348 g/mol. The number of hydrogen-bond donors (Lipinski definition) is 3. The highest BCUT2D eigenvalue weighted by atomic mass is 16.2. The fourth-order valence-corrected chi connectivity index (χ4v) is 3.27. The Labute approximate surface area is 152 Å². The number of likely N-dealkylation sites (N-methyl/N-ethyl adjacent to an activating group) is 1. The molecular formula is C21H22N3O2+. The van der Waals surface area contributed by atoms with Crippen LogP contribution < -0.4 is 16.0 Å². The van der Waals surface area contributed by atoms with Crippen molar-refractivity contribution in [2.24, 2.45) is 5.73 Å². The third kappa shape index (κ3) is 4.07. The molecule has 4 N–H and O–H groups in total. The van der Waals surface area contributed by atoms with E-state index in [2.05, 4.69) is 35.6 Å². The van der Waals surface area contributed by atoms with Gasteiger partial charge in [0.05, 0.1) is 7.05 Å². The Morgan fingerprint density at radius 3 is 2.31 bits per heavy atom. The quantitative estimate of drug-likeness (QED) is 0.657. The van der Waals surface area contributed by atoms with E-state index in [9.17, 15) is 9.59 Å². The number of fused-ring (bicyclic) bond motifs is 1. The molecule has 0 heterocycles. The zero-order valence-corrected chi connectivity index (χ0v) is 14.6. The van der Waals surface area contributed by atoms with Crippen molar-refractivity contribution in [1.29, 1.82) is 0 Å². The summed E-state index contributed by atoms with van der Waals surface area (Å²) < 4.78 is 0. The fraction of sp³-hybridized carbons (Fsp3) is 0.143. The molecular weight excluding hydrogens is 326 g/mol. The Bertz CT molecular complexity index is 925. The number of carbonyl (C=O) groups is 2. The molecule has 26 heavy (non-hydrogen) atoms. The Kier molecular flexibility index (Phi) is 5.29. The minimum absolute atomic E-state index is 0.401. The molecule has 0 saturated carbocycles. The fourth-order valence-electron chi connectivity index (χ4n) is 3.27. The van der Waals surface area contributed by atoms with E-state index in [1.54, 1.807) is 0 Å². The van der Waals surface area contributed by atoms with Gasteiger partial charge in [-0.3, -0.25) is 10.1 Å². The van der Waals surface area contributed by atoms with Crippen molar-refractivity contribution in [1.82, 2.24) is 5.32 Å². The normalized spacial score (nSPS) is 13.1. The van der Waals surface area contributed by atoms with Crippen molar-refractivity contribution in [3.05, 3.63) is 83.9 Å². The number of urea groups is 1. The first-order chi connectivity index (χ1) is 12.5. The lowest BCUT2D eigenvalue weighted by atomic mass is 10.0. The van der Waals surface area contributed by atoms with Gasteiger partial charge in [0, 0.05) is 11.1 Å². The molecule has 0 fully saturated rings. The van der Waals surface area contributed by atoms with Crippen LogP contribution in [0.2, 0.25) is 0 Å². The van der Waals surface area contributed by atoms with Gasteiger partial charge in [-0.1, -0.05) is 66.7 Å². The van der Waals surface area contributed by atoms with Gasteiger partial charge in [-0.15, -0.1) is 0 Å². The smallest absolute Gasteiger partial charge is 0.319 e. The lowest BCUT2D eigenvalue weighted by Gasteiger charge is -2.24. The second-order valence-electron chi connectivity index (χ2n) is 6.40. The van der Waals surface area contributed by atoms with Crippen molar-refractivity contribution in [2.75, 3.05) is 7.05 Å². The largest absolute Gasteiger partial charge is 0.351 e. The van der Waals surface area contributed by atoms with E-state index < -0.39 is 18.0 Å². The lowest BCUT2D eigenvalue weighted by Crippen LogP contribution is -3.09. The molecule has 3 aromatic carbocycles. The van der Waals surface area contributed by atoms with Gasteiger partial charge in [-0.25, -0.2) is 4.79 Å². The number of carbonyl (C=O) groups excluding carboxylic acids is 2. The highest BCUT2D eigenvalue weighted by Crippen LogP contribution is 2.16. The Morgan fingerprint density at radius 2 is 1.62 bits per heavy atom. The predicted molar refractivity (Wildman–Crippen MR) is 101 cm³/mol. The summed E-state index contributed by atoms with van der Waals surface area (Å²) >= 11 is 0. The second kappa shape index (κ2) is 7.80. The molecule has 5 nitrogen and oxygen atoms in total. The van der Waals surface area contributed by atoms with Gasteiger partial charge in [0.2, 0.25) is 0 Å². The minimum atomic E-state index is -0.838. The molecule has 0 bridgehead atoms. The van der Waals surface area contributed by atoms with Gasteiger partial charge in [0.1, 0.15) is 6.54 Å². The van der Waals surface area contributed by atoms with Crippen LogP contribution in [0.25, 0.3) is 10.8 Å². The average Bonchev–Trinajstić information content (AvgIpc) is 2.62. The summed E-state index contributed by atoms with van der Waals surface area (Å²) in [5, 5.41) is 4.56. The van der Waals surface area contributed by atoms with Crippen molar-refractivity contribution in [3.63, 3.8) is 0 Å². The Hall–Kier alpha value is -3.18. The number of imide groups is 1. The summed E-state index contributed by atoms with van der Waals surface area (Å²) in [4.78, 5) is 24.7. The molecule has 0 aromatic heterocycles. The number of rotatable bonds is 5. The standard InChI is InChI=1S/C21H21N3O2/c1-24(14-15-11-12-16-7-5-6-10-18(16)13-15)19(20(25)23-21(22)26)17-8-3-2-4-9-17/h2-13,19H,14H2,1H3,(H3,22,23,25,26)/p+1/t19-/m1/s1. The van der Waals surface area contributed by atoms with Gasteiger partial charge in [-0.2, -0.15) is 0 Å². The third-order valence-corrected chi connectivity index (χ3v) is 4.43. The van der Waals surface area contributed by atoms with E-state index in [1.165, 1.54) is 5.39 Å². The summed E-state index contributed by atoms with van der Waals surface area (Å²) in [6.45, 7) is 0.635. The minimum Gasteiger partial charge on any atom is -0.351 e. The third-order valence-electron chi connectivity index (χ3n) is 4.43. The summed E-state index contributed by atoms with van der Waals surface area (Å²) in [6, 6.07) is 22.5. The molecule has 0 aliphatic carbocycles. The Morgan fingerprint density at radius 1 is 0.962 bits per heavy atom. The topological polar surface area (TPSA) is 76.6 Å². The summed E-state index contributed by atoms with van der Waals surface area (Å²) in [5.74, 6) is -0.401. The number of primary amides is 1. The van der Waals surface area contributed by atoms with Crippen LogP contribution in [0.4, 0.5) is 4.79 Å². The van der Waals surface area contributed by atoms with Crippen molar-refractivity contribution >= 4 is 22.7 Å². The molecule has 0 radical (unpaired) electrons. The molecule has 2 atom stereocenters. The number of hydrogen-bond acceptors (Lipinski definition) is 2. The molecule has 0 spiro atoms. The maximum atomic E-state index is 12.6. The molecule has 0 aliphatic heterocycles. The zero-order chi connectivity index (χ0) is 18.5. The van der Waals surface area contributed by atoms with Crippen LogP contribution in [0.15, 0.2) is 72.8 Å². The first kappa shape index (κ1) is 17.6. The number of benzene rings is 3. The summed E-state index contributed by atoms with van der Waals surface area (Å²) in [7, 11) is 1.94. The van der Waals surface area contributed by atoms with E-state index in [0.29, 0.717) is 6.54 Å². The molecule has 5 heteroatoms. The first-order valence-electron chi connectivity index (χ1n) is 8.50. The van der Waals surface area contributed by atoms with Crippen LogP contribution in [-0.2, 0) is 11.3 Å². The van der Waals surface area contributed by atoms with Gasteiger partial charge in [0.25, 0.3) is 5.91 Å². The first-order valence-corrected chi connectivity index (χ1v) is 8.50. The van der Waals surface area contributed by atoms with E-state index >= 15 is 0 Å². The lowest BCUT2D eigenvalue weighted by molar-refractivity contribution is -0.916. The highest BCUT2D eigenvalue weighted by Gasteiger charge is 2.29. The predicted octanol–water partition coefficient (Wildman–Crippen LogP) is 1.79. The van der Waals surface area contributed by atoms with E-state index in [-0.39, 0.29) is 0 Å². The van der Waals surface area contributed by atoms with Crippen LogP contribution >= 0.6 is 0 Å². The number of amides is 3. The van der Waals surface area contributed by atoms with E-state index in [1.807, 2.05) is 49.5 Å². The summed E-state index contributed by atoms with van der Waals surface area (Å²) in [6.07, 6.45) is 0. The van der Waals surface area contributed by atoms with Gasteiger partial charge < -0.3 is 10.6 Å². The van der Waals surface area contributed by atoms with Crippen LogP contribution in [0.1, 0.15) is 17.2 Å². The summed E-state index contributed by atoms with van der Waals surface area (Å²) in [5.41, 5.74) is 7.10. The molecule has 0 aliphatic rings. The molecule has 132 valence electrons. The van der Waals surface area contributed by atoms with Crippen LogP contribution in [-0.4, -0.2) is 19.0 Å². The molecule has 3 rings (SSSR count). The SMILES string of the molecule is C[NH+](Cc1ccc2ccccc2c1)[C@@H](C(=O)NC(N)=O)c1ccccc1. The molecule has 3 amide bonds. The average molecular weight is 348 g/mol. The Balaban J connectivity index is 1.87. The van der Waals surface area contributed by atoms with Crippen molar-refractivity contribution < 1.29 is 14.5 Å². The maximum absolute atomic E-state index is 12.6. The maximum Gasteiger partial charge on any atom is 0.319 e. The molecule has 0 saturated heterocycles. The number of quaternary nitrogens is 1. The van der Waals surface area contributed by atoms with Gasteiger partial charge in [0.15, 0.2) is 6.04 Å². The van der Waals surface area contributed by atoms with Gasteiger partial charge in [-0.05, 0) is 16.8 Å². The van der Waals surface area contributed by atoms with Gasteiger partial charge >= 0.3 is 6.03 Å².